The number of ether oxygens (including phenoxy) is 3. The highest BCUT2D eigenvalue weighted by molar-refractivity contribution is 14.1. The Balaban J connectivity index is 1.63. The van der Waals surface area contributed by atoms with Crippen LogP contribution in [0.5, 0.6) is 11.5 Å². The van der Waals surface area contributed by atoms with Crippen molar-refractivity contribution in [2.75, 3.05) is 6.61 Å². The van der Waals surface area contributed by atoms with Crippen LogP contribution in [0.2, 0.25) is 5.02 Å². The van der Waals surface area contributed by atoms with E-state index in [0.29, 0.717) is 35.3 Å². The summed E-state index contributed by atoms with van der Waals surface area (Å²) >= 11 is 14.1. The van der Waals surface area contributed by atoms with Crippen LogP contribution in [0.3, 0.4) is 0 Å². The summed E-state index contributed by atoms with van der Waals surface area (Å²) in [6, 6.07) is 17.1. The molecule has 0 unspecified atom stereocenters. The summed E-state index contributed by atoms with van der Waals surface area (Å²) < 4.78 is 20.1. The van der Waals surface area contributed by atoms with Gasteiger partial charge in [0.25, 0.3) is 0 Å². The van der Waals surface area contributed by atoms with Gasteiger partial charge in [0.1, 0.15) is 6.61 Å². The first-order chi connectivity index (χ1) is 16.3. The molecule has 3 aromatic carbocycles. The van der Waals surface area contributed by atoms with Crippen molar-refractivity contribution in [2.24, 2.45) is 4.99 Å². The van der Waals surface area contributed by atoms with Crippen LogP contribution in [-0.4, -0.2) is 18.5 Å². The minimum absolute atomic E-state index is 0.186. The minimum Gasteiger partial charge on any atom is -0.490 e. The Hall–Kier alpha value is -1.63. The molecule has 34 heavy (non-hydrogen) atoms. The molecule has 0 atom stereocenters. The van der Waals surface area contributed by atoms with Gasteiger partial charge >= 0.3 is 5.97 Å². The molecule has 1 aliphatic heterocycles. The van der Waals surface area contributed by atoms with Gasteiger partial charge in [0.15, 0.2) is 17.2 Å². The Morgan fingerprint density at radius 3 is 2.71 bits per heavy atom. The molecule has 1 aliphatic rings. The van der Waals surface area contributed by atoms with E-state index >= 15 is 0 Å². The highest BCUT2D eigenvalue weighted by Crippen LogP contribution is 2.36. The van der Waals surface area contributed by atoms with Crippen molar-refractivity contribution in [2.45, 2.75) is 13.5 Å². The van der Waals surface area contributed by atoms with Gasteiger partial charge in [0.2, 0.25) is 5.90 Å². The number of carbonyl (C=O) groups excluding carboxylic acids is 1. The van der Waals surface area contributed by atoms with E-state index < -0.39 is 5.97 Å². The first-order valence-corrected chi connectivity index (χ1v) is 13.5. The highest BCUT2D eigenvalue weighted by Gasteiger charge is 2.26. The van der Waals surface area contributed by atoms with Crippen LogP contribution < -0.4 is 9.47 Å². The summed E-state index contributed by atoms with van der Waals surface area (Å²) in [5.41, 5.74) is 2.54. The van der Waals surface area contributed by atoms with Gasteiger partial charge in [-0.3, -0.25) is 0 Å². The van der Waals surface area contributed by atoms with Gasteiger partial charge in [-0.15, -0.1) is 0 Å². The van der Waals surface area contributed by atoms with Crippen LogP contribution in [0.15, 0.2) is 69.8 Å². The van der Waals surface area contributed by atoms with Gasteiger partial charge in [0.05, 0.1) is 20.8 Å². The summed E-state index contributed by atoms with van der Waals surface area (Å²) in [5, 5.41) is 0.466. The lowest BCUT2D eigenvalue weighted by Crippen LogP contribution is -2.06. The SMILES string of the molecule is CCOc1cc(/C=C2\N=C(c3cc(I)ccc3Cl)OC2=O)cc(I)c1OCc1cccc(Br)c1. The zero-order valence-corrected chi connectivity index (χ0v) is 24.4. The first-order valence-electron chi connectivity index (χ1n) is 10.2. The Morgan fingerprint density at radius 2 is 1.94 bits per heavy atom. The third-order valence-corrected chi connectivity index (χ3v) is 6.98. The fourth-order valence-corrected chi connectivity index (χ4v) is 5.12. The number of cyclic esters (lactones) is 1. The molecule has 3 aromatic rings. The summed E-state index contributed by atoms with van der Waals surface area (Å²) in [6.07, 6.45) is 1.67. The van der Waals surface area contributed by atoms with Crippen molar-refractivity contribution < 1.29 is 19.0 Å². The number of hydrogen-bond donors (Lipinski definition) is 0. The number of hydrogen-bond acceptors (Lipinski definition) is 5. The Bertz CT molecular complexity index is 1330. The normalized spacial score (nSPS) is 14.2. The summed E-state index contributed by atoms with van der Waals surface area (Å²) in [4.78, 5) is 16.9. The molecular weight excluding hydrogens is 747 g/mol. The van der Waals surface area contributed by atoms with E-state index in [1.54, 1.807) is 12.1 Å². The Kier molecular flexibility index (Phi) is 8.54. The van der Waals surface area contributed by atoms with Crippen molar-refractivity contribution in [3.8, 4) is 11.5 Å². The fraction of sp³-hybridized carbons (Fsp3) is 0.120. The molecule has 0 N–H and O–H groups in total. The standard InChI is InChI=1S/C25H17BrClI2NO4/c1-2-32-22-11-15(9-20(29)23(22)33-13-14-4-3-5-16(26)8-14)10-21-25(31)34-24(30-21)18-12-17(28)6-7-19(18)27/h3-12H,2,13H2,1H3/b21-10-. The van der Waals surface area contributed by atoms with Gasteiger partial charge in [-0.2, -0.15) is 0 Å². The van der Waals surface area contributed by atoms with Gasteiger partial charge in [-0.05, 0) is 112 Å². The molecule has 0 radical (unpaired) electrons. The van der Waals surface area contributed by atoms with Crippen molar-refractivity contribution >= 4 is 90.7 Å². The van der Waals surface area contributed by atoms with E-state index in [9.17, 15) is 4.79 Å². The molecule has 0 aliphatic carbocycles. The number of carbonyl (C=O) groups is 1. The Labute approximate surface area is 237 Å². The second kappa shape index (κ2) is 11.4. The van der Waals surface area contributed by atoms with Gasteiger partial charge in [-0.1, -0.05) is 39.7 Å². The van der Waals surface area contributed by atoms with Crippen molar-refractivity contribution in [1.29, 1.82) is 0 Å². The number of halogens is 4. The maximum atomic E-state index is 12.5. The molecule has 4 rings (SSSR count). The van der Waals surface area contributed by atoms with Crippen LogP contribution >= 0.6 is 72.7 Å². The quantitative estimate of drug-likeness (QED) is 0.141. The number of benzene rings is 3. The molecular formula is C25H17BrClI2NO4. The van der Waals surface area contributed by atoms with Crippen LogP contribution in [-0.2, 0) is 16.1 Å². The molecule has 174 valence electrons. The molecule has 0 spiro atoms. The molecule has 5 nitrogen and oxygen atoms in total. The molecule has 0 aromatic heterocycles. The third-order valence-electron chi connectivity index (χ3n) is 4.69. The number of aliphatic imine (C=N–C) groups is 1. The van der Waals surface area contributed by atoms with Crippen LogP contribution in [0.4, 0.5) is 0 Å². The van der Waals surface area contributed by atoms with Crippen molar-refractivity contribution in [1.82, 2.24) is 0 Å². The summed E-state index contributed by atoms with van der Waals surface area (Å²) in [5.74, 6) is 0.891. The lowest BCUT2D eigenvalue weighted by Gasteiger charge is -2.15. The van der Waals surface area contributed by atoms with E-state index in [1.165, 1.54) is 0 Å². The van der Waals surface area contributed by atoms with Gasteiger partial charge in [-0.25, -0.2) is 9.79 Å². The van der Waals surface area contributed by atoms with Crippen LogP contribution in [0.1, 0.15) is 23.6 Å². The van der Waals surface area contributed by atoms with Crippen molar-refractivity contribution in [3.05, 3.63) is 93.6 Å². The van der Waals surface area contributed by atoms with E-state index in [1.807, 2.05) is 55.5 Å². The average Bonchev–Trinajstić information content (AvgIpc) is 3.15. The largest absolute Gasteiger partial charge is 0.490 e. The second-order valence-corrected chi connectivity index (χ2v) is 10.9. The average molecular weight is 765 g/mol. The molecule has 0 fully saturated rings. The third kappa shape index (κ3) is 6.13. The van der Waals surface area contributed by atoms with E-state index in [0.717, 1.165) is 22.7 Å². The summed E-state index contributed by atoms with van der Waals surface area (Å²) in [7, 11) is 0. The predicted molar refractivity (Wildman–Crippen MR) is 154 cm³/mol. The molecule has 9 heteroatoms. The van der Waals surface area contributed by atoms with E-state index in [4.69, 9.17) is 25.8 Å². The van der Waals surface area contributed by atoms with Crippen molar-refractivity contribution in [3.63, 3.8) is 0 Å². The molecule has 0 saturated heterocycles. The zero-order valence-electron chi connectivity index (χ0n) is 17.8. The highest BCUT2D eigenvalue weighted by atomic mass is 127. The maximum absolute atomic E-state index is 12.5. The smallest absolute Gasteiger partial charge is 0.363 e. The second-order valence-electron chi connectivity index (χ2n) is 7.14. The van der Waals surface area contributed by atoms with Gasteiger partial charge in [0, 0.05) is 8.04 Å². The van der Waals surface area contributed by atoms with Crippen LogP contribution in [0.25, 0.3) is 6.08 Å². The van der Waals surface area contributed by atoms with E-state index in [-0.39, 0.29) is 11.6 Å². The van der Waals surface area contributed by atoms with Gasteiger partial charge < -0.3 is 14.2 Å². The summed E-state index contributed by atoms with van der Waals surface area (Å²) in [6.45, 7) is 2.78. The molecule has 0 amide bonds. The lowest BCUT2D eigenvalue weighted by molar-refractivity contribution is -0.129. The first kappa shape index (κ1) is 25.5. The molecule has 0 saturated carbocycles. The van der Waals surface area contributed by atoms with E-state index in [2.05, 4.69) is 66.1 Å². The topological polar surface area (TPSA) is 57.1 Å². The predicted octanol–water partition coefficient (Wildman–Crippen LogP) is 7.63. The van der Waals surface area contributed by atoms with Crippen LogP contribution in [0, 0.1) is 7.14 Å². The number of esters is 1. The Morgan fingerprint density at radius 1 is 1.12 bits per heavy atom. The zero-order chi connectivity index (χ0) is 24.2. The monoisotopic (exact) mass is 763 g/mol. The maximum Gasteiger partial charge on any atom is 0.363 e. The fourth-order valence-electron chi connectivity index (χ4n) is 3.20. The molecule has 0 bridgehead atoms. The lowest BCUT2D eigenvalue weighted by atomic mass is 10.1. The minimum atomic E-state index is -0.534. The molecule has 1 heterocycles. The number of rotatable bonds is 7. The number of nitrogens with zero attached hydrogens (tertiary/aromatic N) is 1.